The first-order valence-electron chi connectivity index (χ1n) is 11.4. The third-order valence-electron chi connectivity index (χ3n) is 6.09. The Morgan fingerprint density at radius 2 is 1.92 bits per heavy atom. The summed E-state index contributed by atoms with van der Waals surface area (Å²) in [6.07, 6.45) is 1.94. The zero-order chi connectivity index (χ0) is 24.6. The van der Waals surface area contributed by atoms with Gasteiger partial charge >= 0.3 is 0 Å². The Labute approximate surface area is 210 Å². The highest BCUT2D eigenvalue weighted by Crippen LogP contribution is 2.34. The van der Waals surface area contributed by atoms with Gasteiger partial charge in [0.1, 0.15) is 5.75 Å². The topological polar surface area (TPSA) is 102 Å². The first-order valence-corrected chi connectivity index (χ1v) is 12.4. The monoisotopic (exact) mass is 495 g/mol. The number of rotatable bonds is 6. The van der Waals surface area contributed by atoms with E-state index in [4.69, 9.17) is 4.74 Å². The minimum atomic E-state index is -0.238. The molecule has 0 spiro atoms. The average molecular weight is 496 g/mol. The van der Waals surface area contributed by atoms with Gasteiger partial charge in [-0.2, -0.15) is 0 Å². The van der Waals surface area contributed by atoms with Gasteiger partial charge in [0.2, 0.25) is 0 Å². The Morgan fingerprint density at radius 1 is 1.08 bits per heavy atom. The maximum Gasteiger partial charge on any atom is 0.262 e. The van der Waals surface area contributed by atoms with Crippen LogP contribution in [-0.4, -0.2) is 43.8 Å². The molecule has 2 aromatic heterocycles. The van der Waals surface area contributed by atoms with Crippen molar-refractivity contribution in [3.63, 3.8) is 0 Å². The average Bonchev–Trinajstić information content (AvgIpc) is 3.51. The van der Waals surface area contributed by atoms with Crippen molar-refractivity contribution in [1.29, 1.82) is 0 Å². The van der Waals surface area contributed by atoms with Crippen LogP contribution in [0.1, 0.15) is 15.9 Å². The highest BCUT2D eigenvalue weighted by atomic mass is 32.2. The molecule has 1 aliphatic heterocycles. The van der Waals surface area contributed by atoms with E-state index in [2.05, 4.69) is 20.5 Å². The number of nitrogens with zero attached hydrogens (tertiary/aromatic N) is 3. The number of hydrogen-bond acceptors (Lipinski definition) is 6. The summed E-state index contributed by atoms with van der Waals surface area (Å²) in [5, 5.41) is 13.4. The number of ether oxygens (including phenoxy) is 1. The molecule has 0 atom stereocenters. The van der Waals surface area contributed by atoms with Crippen LogP contribution < -0.4 is 10.1 Å². The largest absolute Gasteiger partial charge is 0.482 e. The molecule has 3 heterocycles. The molecule has 5 aromatic rings. The number of hydrogen-bond donors (Lipinski definition) is 2. The van der Waals surface area contributed by atoms with Crippen molar-refractivity contribution in [3.05, 3.63) is 84.1 Å². The molecular weight excluding hydrogens is 474 g/mol. The minimum absolute atomic E-state index is 0.0243. The second-order valence-electron chi connectivity index (χ2n) is 8.44. The molecule has 178 valence electrons. The predicted octanol–water partition coefficient (Wildman–Crippen LogP) is 5.03. The van der Waals surface area contributed by atoms with E-state index in [1.807, 2.05) is 66.2 Å². The van der Waals surface area contributed by atoms with E-state index >= 15 is 0 Å². The molecule has 1 aliphatic rings. The molecule has 0 aliphatic carbocycles. The molecule has 8 nitrogen and oxygen atoms in total. The zero-order valence-corrected chi connectivity index (χ0v) is 20.1. The molecule has 36 heavy (non-hydrogen) atoms. The summed E-state index contributed by atoms with van der Waals surface area (Å²) in [4.78, 5) is 28.0. The second kappa shape index (κ2) is 9.01. The van der Waals surface area contributed by atoms with Crippen LogP contribution in [0.4, 0.5) is 5.69 Å². The smallest absolute Gasteiger partial charge is 0.262 e. The van der Waals surface area contributed by atoms with Crippen LogP contribution in [0.15, 0.2) is 78.1 Å². The lowest BCUT2D eigenvalue weighted by atomic mass is 10.1. The van der Waals surface area contributed by atoms with Crippen molar-refractivity contribution in [1.82, 2.24) is 19.7 Å². The van der Waals surface area contributed by atoms with Gasteiger partial charge in [-0.3, -0.25) is 14.2 Å². The Bertz CT molecular complexity index is 1640. The van der Waals surface area contributed by atoms with Gasteiger partial charge in [-0.15, -0.1) is 10.2 Å². The molecule has 0 saturated heterocycles. The number of thioether (sulfide) groups is 1. The lowest BCUT2D eigenvalue weighted by molar-refractivity contribution is -0.118. The van der Waals surface area contributed by atoms with E-state index in [1.165, 1.54) is 11.8 Å². The van der Waals surface area contributed by atoms with Gasteiger partial charge in [0.15, 0.2) is 23.4 Å². The van der Waals surface area contributed by atoms with Gasteiger partial charge in [-0.1, -0.05) is 48.2 Å². The van der Waals surface area contributed by atoms with Gasteiger partial charge in [0.25, 0.3) is 5.91 Å². The number of carbonyl (C=O) groups is 2. The Balaban J connectivity index is 1.34. The number of aromatic nitrogens is 4. The number of para-hydroxylation sites is 2. The quantitative estimate of drug-likeness (QED) is 0.253. The number of anilines is 1. The Kier molecular flexibility index (Phi) is 5.54. The number of fused-ring (bicyclic) bond motifs is 2. The number of carbonyl (C=O) groups excluding carboxylic acids is 2. The molecule has 2 N–H and O–H groups in total. The van der Waals surface area contributed by atoms with Crippen molar-refractivity contribution in [2.45, 2.75) is 12.1 Å². The van der Waals surface area contributed by atoms with Crippen LogP contribution >= 0.6 is 11.8 Å². The molecule has 1 amide bonds. The first-order chi connectivity index (χ1) is 17.6. The number of Topliss-reactive ketones (excluding diaryl/α,β-unsaturated/α-hetero) is 1. The minimum Gasteiger partial charge on any atom is -0.482 e. The number of nitrogens with one attached hydrogen (secondary N) is 2. The fourth-order valence-electron chi connectivity index (χ4n) is 4.30. The molecule has 0 saturated carbocycles. The molecule has 0 bridgehead atoms. The normalized spacial score (nSPS) is 12.8. The maximum atomic E-state index is 13.1. The van der Waals surface area contributed by atoms with E-state index in [0.717, 1.165) is 27.7 Å². The Hall–Kier alpha value is -4.37. The van der Waals surface area contributed by atoms with Crippen molar-refractivity contribution >= 4 is 40.0 Å². The first kappa shape index (κ1) is 22.1. The number of amides is 1. The van der Waals surface area contributed by atoms with Crippen LogP contribution in [-0.2, 0) is 4.79 Å². The number of benzene rings is 3. The summed E-state index contributed by atoms with van der Waals surface area (Å²) in [5.41, 5.74) is 4.96. The Morgan fingerprint density at radius 3 is 2.81 bits per heavy atom. The molecule has 0 radical (unpaired) electrons. The molecular formula is C27H21N5O3S. The third kappa shape index (κ3) is 3.93. The van der Waals surface area contributed by atoms with Crippen LogP contribution in [0.3, 0.4) is 0 Å². The van der Waals surface area contributed by atoms with E-state index < -0.39 is 0 Å². The van der Waals surface area contributed by atoms with Crippen molar-refractivity contribution in [2.75, 3.05) is 17.7 Å². The maximum absolute atomic E-state index is 13.1. The van der Waals surface area contributed by atoms with E-state index in [1.54, 1.807) is 18.2 Å². The van der Waals surface area contributed by atoms with Crippen LogP contribution in [0, 0.1) is 6.92 Å². The summed E-state index contributed by atoms with van der Waals surface area (Å²) in [6, 6.07) is 21.1. The lowest BCUT2D eigenvalue weighted by Gasteiger charge is -2.18. The summed E-state index contributed by atoms with van der Waals surface area (Å²) in [6.45, 7) is 2.01. The van der Waals surface area contributed by atoms with Crippen molar-refractivity contribution < 1.29 is 14.3 Å². The molecule has 6 rings (SSSR count). The predicted molar refractivity (Wildman–Crippen MR) is 139 cm³/mol. The number of aryl methyl sites for hydroxylation is 1. The van der Waals surface area contributed by atoms with Crippen LogP contribution in [0.25, 0.3) is 28.0 Å². The molecule has 3 aromatic carbocycles. The van der Waals surface area contributed by atoms with Gasteiger partial charge in [0, 0.05) is 28.2 Å². The van der Waals surface area contributed by atoms with Crippen molar-refractivity contribution in [2.24, 2.45) is 0 Å². The van der Waals surface area contributed by atoms with E-state index in [0.29, 0.717) is 28.0 Å². The SMILES string of the molecule is Cc1ccccc1-n1c(SCC(=O)c2ccc3c(c2)NC(=O)CO3)nnc1-c1c[nH]c2ccccc12. The number of ketones is 1. The standard InChI is InChI=1S/C27H21N5O3S/c1-16-6-2-5-9-22(16)32-26(19-13-28-20-8-4-3-7-18(19)20)30-31-27(32)36-15-23(33)17-10-11-24-21(12-17)29-25(34)14-35-24/h2-13,28H,14-15H2,1H3,(H,29,34). The lowest BCUT2D eigenvalue weighted by Crippen LogP contribution is -2.25. The fraction of sp³-hybridized carbons (Fsp3) is 0.111. The van der Waals surface area contributed by atoms with Crippen LogP contribution in [0.2, 0.25) is 0 Å². The summed E-state index contributed by atoms with van der Waals surface area (Å²) in [7, 11) is 0. The highest BCUT2D eigenvalue weighted by Gasteiger charge is 2.22. The summed E-state index contributed by atoms with van der Waals surface area (Å²) < 4.78 is 7.40. The summed E-state index contributed by atoms with van der Waals surface area (Å²) >= 11 is 1.33. The number of H-pyrrole nitrogens is 1. The highest BCUT2D eigenvalue weighted by molar-refractivity contribution is 7.99. The van der Waals surface area contributed by atoms with Crippen LogP contribution in [0.5, 0.6) is 5.75 Å². The van der Waals surface area contributed by atoms with E-state index in [-0.39, 0.29) is 24.1 Å². The molecule has 9 heteroatoms. The van der Waals surface area contributed by atoms with E-state index in [9.17, 15) is 9.59 Å². The third-order valence-corrected chi connectivity index (χ3v) is 7.02. The van der Waals surface area contributed by atoms with Gasteiger partial charge in [0.05, 0.1) is 17.1 Å². The zero-order valence-electron chi connectivity index (χ0n) is 19.3. The molecule has 0 fully saturated rings. The summed E-state index contributed by atoms with van der Waals surface area (Å²) in [5.74, 6) is 1.09. The second-order valence-corrected chi connectivity index (χ2v) is 9.38. The molecule has 0 unspecified atom stereocenters. The van der Waals surface area contributed by atoms with Gasteiger partial charge in [-0.05, 0) is 42.8 Å². The fourth-order valence-corrected chi connectivity index (χ4v) is 5.14. The number of aromatic amines is 1. The van der Waals surface area contributed by atoms with Crippen molar-refractivity contribution in [3.8, 4) is 22.8 Å². The van der Waals surface area contributed by atoms with Gasteiger partial charge in [-0.25, -0.2) is 0 Å². The van der Waals surface area contributed by atoms with Gasteiger partial charge < -0.3 is 15.0 Å².